The molecule has 0 unspecified atom stereocenters. The molecule has 0 atom stereocenters. The highest BCUT2D eigenvalue weighted by molar-refractivity contribution is 6.05. The van der Waals surface area contributed by atoms with Gasteiger partial charge in [0, 0.05) is 20.0 Å². The molecule has 28 heavy (non-hydrogen) atoms. The van der Waals surface area contributed by atoms with Crippen LogP contribution in [-0.4, -0.2) is 40.3 Å². The van der Waals surface area contributed by atoms with Crippen LogP contribution in [0, 0.1) is 0 Å². The number of carbonyl (C=O) groups is 2. The molecule has 0 bridgehead atoms. The molecule has 4 rings (SSSR count). The summed E-state index contributed by atoms with van der Waals surface area (Å²) < 4.78 is 0. The van der Waals surface area contributed by atoms with Gasteiger partial charge in [0.2, 0.25) is 5.91 Å². The second kappa shape index (κ2) is 7.26. The maximum Gasteiger partial charge on any atom is 0.258 e. The number of hydrogen-bond acceptors (Lipinski definition) is 4. The predicted octanol–water partition coefficient (Wildman–Crippen LogP) is 2.32. The van der Waals surface area contributed by atoms with Crippen LogP contribution in [-0.2, 0) is 11.3 Å². The van der Waals surface area contributed by atoms with Gasteiger partial charge in [0.25, 0.3) is 11.5 Å². The molecule has 7 nitrogen and oxygen atoms in total. The zero-order valence-corrected chi connectivity index (χ0v) is 15.5. The van der Waals surface area contributed by atoms with Crippen LogP contribution in [0.4, 0.5) is 5.69 Å². The molecule has 0 radical (unpaired) electrons. The summed E-state index contributed by atoms with van der Waals surface area (Å²) in [5, 5.41) is 0.512. The summed E-state index contributed by atoms with van der Waals surface area (Å²) in [6.07, 6.45) is 1.29. The minimum Gasteiger partial charge on any atom is -0.334 e. The monoisotopic (exact) mass is 376 g/mol. The van der Waals surface area contributed by atoms with E-state index in [0.717, 1.165) is 6.42 Å². The fourth-order valence-corrected chi connectivity index (χ4v) is 3.50. The molecule has 1 aliphatic heterocycles. The van der Waals surface area contributed by atoms with Crippen molar-refractivity contribution in [3.8, 4) is 0 Å². The van der Waals surface area contributed by atoms with Crippen molar-refractivity contribution < 1.29 is 9.59 Å². The summed E-state index contributed by atoms with van der Waals surface area (Å²) >= 11 is 0. The van der Waals surface area contributed by atoms with Gasteiger partial charge >= 0.3 is 0 Å². The Labute approximate surface area is 161 Å². The van der Waals surface area contributed by atoms with E-state index in [1.165, 1.54) is 4.90 Å². The highest BCUT2D eigenvalue weighted by atomic mass is 16.2. The Bertz CT molecular complexity index is 1120. The van der Waals surface area contributed by atoms with Gasteiger partial charge in [0.15, 0.2) is 0 Å². The smallest absolute Gasteiger partial charge is 0.258 e. The molecule has 142 valence electrons. The van der Waals surface area contributed by atoms with Crippen LogP contribution in [0.5, 0.6) is 0 Å². The van der Waals surface area contributed by atoms with Crippen LogP contribution < -0.4 is 10.5 Å². The van der Waals surface area contributed by atoms with Crippen molar-refractivity contribution in [1.82, 2.24) is 14.9 Å². The first kappa shape index (κ1) is 17.9. The number of aromatic amines is 1. The number of anilines is 1. The predicted molar refractivity (Wildman–Crippen MR) is 106 cm³/mol. The zero-order chi connectivity index (χ0) is 19.7. The number of nitrogens with one attached hydrogen (secondary N) is 1. The molecule has 2 amide bonds. The number of nitrogens with zero attached hydrogens (tertiary/aromatic N) is 3. The number of carbonyl (C=O) groups excluding carboxylic acids is 2. The van der Waals surface area contributed by atoms with Gasteiger partial charge in [0.05, 0.1) is 28.7 Å². The van der Waals surface area contributed by atoms with E-state index >= 15 is 0 Å². The van der Waals surface area contributed by atoms with E-state index in [4.69, 9.17) is 0 Å². The average Bonchev–Trinajstić information content (AvgIpc) is 3.13. The topological polar surface area (TPSA) is 86.4 Å². The summed E-state index contributed by atoms with van der Waals surface area (Å²) in [6.45, 7) is 0.771. The maximum atomic E-state index is 13.0. The molecule has 1 aliphatic rings. The van der Waals surface area contributed by atoms with Gasteiger partial charge in [-0.3, -0.25) is 14.4 Å². The second-order valence-corrected chi connectivity index (χ2v) is 6.86. The number of rotatable bonds is 4. The van der Waals surface area contributed by atoms with E-state index in [0.29, 0.717) is 40.9 Å². The first-order valence-corrected chi connectivity index (χ1v) is 9.17. The van der Waals surface area contributed by atoms with Crippen molar-refractivity contribution in [1.29, 1.82) is 0 Å². The van der Waals surface area contributed by atoms with Crippen molar-refractivity contribution in [2.24, 2.45) is 0 Å². The summed E-state index contributed by atoms with van der Waals surface area (Å²) in [4.78, 5) is 47.8. The third kappa shape index (κ3) is 3.26. The molecule has 2 heterocycles. The summed E-state index contributed by atoms with van der Waals surface area (Å²) in [5.74, 6) is 0.212. The van der Waals surface area contributed by atoms with Crippen molar-refractivity contribution in [3.05, 3.63) is 70.3 Å². The highest BCUT2D eigenvalue weighted by Crippen LogP contribution is 2.26. The van der Waals surface area contributed by atoms with E-state index in [1.54, 1.807) is 48.3 Å². The van der Waals surface area contributed by atoms with Gasteiger partial charge in [-0.2, -0.15) is 0 Å². The van der Waals surface area contributed by atoms with E-state index in [-0.39, 0.29) is 23.9 Å². The van der Waals surface area contributed by atoms with Crippen molar-refractivity contribution in [3.63, 3.8) is 0 Å². The second-order valence-electron chi connectivity index (χ2n) is 6.86. The number of amides is 2. The van der Waals surface area contributed by atoms with Crippen LogP contribution in [0.1, 0.15) is 29.0 Å². The zero-order valence-electron chi connectivity index (χ0n) is 15.5. The Kier molecular flexibility index (Phi) is 4.65. The lowest BCUT2D eigenvalue weighted by Gasteiger charge is -2.22. The lowest BCUT2D eigenvalue weighted by Crippen LogP contribution is -2.31. The van der Waals surface area contributed by atoms with E-state index < -0.39 is 0 Å². The van der Waals surface area contributed by atoms with E-state index in [9.17, 15) is 14.4 Å². The van der Waals surface area contributed by atoms with Crippen molar-refractivity contribution in [2.75, 3.05) is 18.5 Å². The van der Waals surface area contributed by atoms with Gasteiger partial charge in [-0.25, -0.2) is 4.98 Å². The van der Waals surface area contributed by atoms with Gasteiger partial charge in [-0.15, -0.1) is 0 Å². The fourth-order valence-electron chi connectivity index (χ4n) is 3.50. The molecule has 1 N–H and O–H groups in total. The minimum atomic E-state index is -0.232. The van der Waals surface area contributed by atoms with Crippen molar-refractivity contribution in [2.45, 2.75) is 19.4 Å². The number of para-hydroxylation sites is 2. The van der Waals surface area contributed by atoms with E-state index in [2.05, 4.69) is 9.97 Å². The molecule has 3 aromatic rings. The summed E-state index contributed by atoms with van der Waals surface area (Å²) in [5.41, 5.74) is 1.44. The first-order valence-electron chi connectivity index (χ1n) is 9.17. The molecule has 0 aliphatic carbocycles. The normalized spacial score (nSPS) is 13.9. The molecule has 7 heteroatoms. The molecule has 1 fully saturated rings. The average molecular weight is 376 g/mol. The number of fused-ring (bicyclic) bond motifs is 1. The summed E-state index contributed by atoms with van der Waals surface area (Å²) in [7, 11) is 1.65. The third-order valence-corrected chi connectivity index (χ3v) is 4.89. The number of H-pyrrole nitrogens is 1. The molecule has 0 saturated carbocycles. The van der Waals surface area contributed by atoms with Crippen LogP contribution in [0.25, 0.3) is 10.9 Å². The van der Waals surface area contributed by atoms with Gasteiger partial charge in [-0.1, -0.05) is 24.3 Å². The Morgan fingerprint density at radius 1 is 1.14 bits per heavy atom. The van der Waals surface area contributed by atoms with Crippen LogP contribution in [0.15, 0.2) is 53.3 Å². The Morgan fingerprint density at radius 2 is 1.89 bits per heavy atom. The van der Waals surface area contributed by atoms with Gasteiger partial charge in [0.1, 0.15) is 5.82 Å². The standard InChI is InChI=1S/C21H20N4O3/c1-24(13-18-22-16-9-4-2-7-14(16)20(27)23-18)21(28)15-8-3-5-10-17(15)25-12-6-11-19(25)26/h2-5,7-10H,6,11-13H2,1H3,(H,22,23,27). The lowest BCUT2D eigenvalue weighted by molar-refractivity contribution is -0.117. The van der Waals surface area contributed by atoms with Crippen LogP contribution in [0.2, 0.25) is 0 Å². The molecule has 1 aromatic heterocycles. The number of hydrogen-bond donors (Lipinski definition) is 1. The quantitative estimate of drug-likeness (QED) is 0.757. The summed E-state index contributed by atoms with van der Waals surface area (Å²) in [6, 6.07) is 14.2. The first-order chi connectivity index (χ1) is 13.5. The number of benzene rings is 2. The molecular formula is C21H20N4O3. The molecular weight excluding hydrogens is 356 g/mol. The maximum absolute atomic E-state index is 13.0. The fraction of sp³-hybridized carbons (Fsp3) is 0.238. The minimum absolute atomic E-state index is 0.0310. The molecule has 0 spiro atoms. The Hall–Kier alpha value is -3.48. The van der Waals surface area contributed by atoms with Gasteiger partial charge in [-0.05, 0) is 30.7 Å². The highest BCUT2D eigenvalue weighted by Gasteiger charge is 2.26. The Balaban J connectivity index is 1.61. The van der Waals surface area contributed by atoms with Crippen LogP contribution in [0.3, 0.4) is 0 Å². The largest absolute Gasteiger partial charge is 0.334 e. The number of aromatic nitrogens is 2. The Morgan fingerprint density at radius 3 is 2.68 bits per heavy atom. The third-order valence-electron chi connectivity index (χ3n) is 4.89. The van der Waals surface area contributed by atoms with Gasteiger partial charge < -0.3 is 14.8 Å². The van der Waals surface area contributed by atoms with Crippen LogP contribution >= 0.6 is 0 Å². The van der Waals surface area contributed by atoms with E-state index in [1.807, 2.05) is 12.1 Å². The lowest BCUT2D eigenvalue weighted by atomic mass is 10.1. The molecule has 1 saturated heterocycles. The SMILES string of the molecule is CN(Cc1nc2ccccc2c(=O)[nH]1)C(=O)c1ccccc1N1CCCC1=O. The molecule has 2 aromatic carbocycles. The van der Waals surface area contributed by atoms with Crippen molar-refractivity contribution >= 4 is 28.4 Å².